The van der Waals surface area contributed by atoms with Crippen molar-refractivity contribution >= 4 is 5.91 Å². The summed E-state index contributed by atoms with van der Waals surface area (Å²) in [6.07, 6.45) is 4.13. The molecule has 0 aromatic carbocycles. The highest BCUT2D eigenvalue weighted by Gasteiger charge is 2.03. The quantitative estimate of drug-likeness (QED) is 0.716. The molecule has 0 atom stereocenters. The van der Waals surface area contributed by atoms with Gasteiger partial charge in [0.05, 0.1) is 19.3 Å². The van der Waals surface area contributed by atoms with Gasteiger partial charge in [-0.25, -0.2) is 0 Å². The standard InChI is InChI=1S/C11H21N5O/c1-9(2)4-3-5-16-8-10(14-15-16)7-13-11(17)6-12/h8-9H,3-7,12H2,1-2H3,(H,13,17). The van der Waals surface area contributed by atoms with Crippen molar-refractivity contribution in [2.24, 2.45) is 11.7 Å². The van der Waals surface area contributed by atoms with E-state index in [0.717, 1.165) is 18.7 Å². The second-order valence-corrected chi connectivity index (χ2v) is 4.49. The van der Waals surface area contributed by atoms with Gasteiger partial charge in [-0.3, -0.25) is 9.48 Å². The number of rotatable bonds is 7. The minimum absolute atomic E-state index is 0.00251. The molecule has 0 saturated heterocycles. The molecule has 6 heteroatoms. The van der Waals surface area contributed by atoms with Crippen molar-refractivity contribution in [3.05, 3.63) is 11.9 Å². The molecule has 0 aliphatic carbocycles. The number of amides is 1. The van der Waals surface area contributed by atoms with Crippen LogP contribution >= 0.6 is 0 Å². The van der Waals surface area contributed by atoms with Crippen LogP contribution in [0.5, 0.6) is 0 Å². The van der Waals surface area contributed by atoms with E-state index in [-0.39, 0.29) is 12.5 Å². The zero-order valence-electron chi connectivity index (χ0n) is 10.5. The molecule has 1 aromatic rings. The first-order valence-electron chi connectivity index (χ1n) is 5.97. The van der Waals surface area contributed by atoms with Gasteiger partial charge in [0.2, 0.25) is 5.91 Å². The molecule has 0 fully saturated rings. The molecule has 1 heterocycles. The first-order chi connectivity index (χ1) is 8.11. The maximum absolute atomic E-state index is 10.9. The van der Waals surface area contributed by atoms with E-state index in [1.807, 2.05) is 10.9 Å². The second-order valence-electron chi connectivity index (χ2n) is 4.49. The predicted molar refractivity (Wildman–Crippen MR) is 65.0 cm³/mol. The molecule has 0 saturated carbocycles. The topological polar surface area (TPSA) is 85.8 Å². The maximum Gasteiger partial charge on any atom is 0.234 e. The van der Waals surface area contributed by atoms with Crippen LogP contribution in [-0.2, 0) is 17.9 Å². The number of nitrogens with one attached hydrogen (secondary N) is 1. The average molecular weight is 239 g/mol. The van der Waals surface area contributed by atoms with Crippen LogP contribution in [0.15, 0.2) is 6.20 Å². The molecule has 3 N–H and O–H groups in total. The molecule has 0 spiro atoms. The van der Waals surface area contributed by atoms with E-state index < -0.39 is 0 Å². The minimum atomic E-state index is -0.181. The smallest absolute Gasteiger partial charge is 0.234 e. The van der Waals surface area contributed by atoms with E-state index in [1.54, 1.807) is 0 Å². The third-order valence-corrected chi connectivity index (χ3v) is 2.41. The molecule has 0 aliphatic heterocycles. The van der Waals surface area contributed by atoms with Crippen LogP contribution in [0.3, 0.4) is 0 Å². The predicted octanol–water partition coefficient (Wildman–Crippen LogP) is 0.289. The number of hydrogen-bond donors (Lipinski definition) is 2. The lowest BCUT2D eigenvalue weighted by Gasteiger charge is -2.03. The Bertz CT molecular complexity index is 347. The molecule has 0 radical (unpaired) electrons. The molecule has 17 heavy (non-hydrogen) atoms. The Labute approximate surface area is 102 Å². The zero-order chi connectivity index (χ0) is 12.7. The van der Waals surface area contributed by atoms with Crippen molar-refractivity contribution in [3.8, 4) is 0 Å². The number of carbonyl (C=O) groups excluding carboxylic acids is 1. The number of carbonyl (C=O) groups is 1. The largest absolute Gasteiger partial charge is 0.349 e. The molecule has 6 nitrogen and oxygen atoms in total. The molecule has 0 bridgehead atoms. The Hall–Kier alpha value is -1.43. The summed E-state index contributed by atoms with van der Waals surface area (Å²) in [6, 6.07) is 0. The van der Waals surface area contributed by atoms with E-state index in [4.69, 9.17) is 5.73 Å². The molecule has 1 rings (SSSR count). The summed E-state index contributed by atoms with van der Waals surface area (Å²) in [4.78, 5) is 10.9. The zero-order valence-corrected chi connectivity index (χ0v) is 10.5. The van der Waals surface area contributed by atoms with Gasteiger partial charge in [0.25, 0.3) is 0 Å². The number of hydrogen-bond acceptors (Lipinski definition) is 4. The Morgan fingerprint density at radius 3 is 3.00 bits per heavy atom. The van der Waals surface area contributed by atoms with Crippen molar-refractivity contribution in [1.82, 2.24) is 20.3 Å². The molecular formula is C11H21N5O. The van der Waals surface area contributed by atoms with Gasteiger partial charge in [-0.05, 0) is 18.8 Å². The van der Waals surface area contributed by atoms with Crippen LogP contribution in [0.1, 0.15) is 32.4 Å². The summed E-state index contributed by atoms with van der Waals surface area (Å²) >= 11 is 0. The number of aryl methyl sites for hydroxylation is 1. The lowest BCUT2D eigenvalue weighted by atomic mass is 10.1. The van der Waals surface area contributed by atoms with E-state index in [0.29, 0.717) is 12.5 Å². The van der Waals surface area contributed by atoms with Crippen molar-refractivity contribution in [3.63, 3.8) is 0 Å². The van der Waals surface area contributed by atoms with Gasteiger partial charge in [-0.2, -0.15) is 0 Å². The Morgan fingerprint density at radius 2 is 2.35 bits per heavy atom. The Balaban J connectivity index is 2.30. The fraction of sp³-hybridized carbons (Fsp3) is 0.727. The van der Waals surface area contributed by atoms with Crippen molar-refractivity contribution in [1.29, 1.82) is 0 Å². The SMILES string of the molecule is CC(C)CCCn1cc(CNC(=O)CN)nn1. The van der Waals surface area contributed by atoms with Gasteiger partial charge in [0.1, 0.15) is 5.69 Å². The van der Waals surface area contributed by atoms with Gasteiger partial charge in [0, 0.05) is 6.54 Å². The summed E-state index contributed by atoms with van der Waals surface area (Å²) < 4.78 is 1.81. The van der Waals surface area contributed by atoms with E-state index in [1.165, 1.54) is 6.42 Å². The van der Waals surface area contributed by atoms with Crippen LogP contribution in [0, 0.1) is 5.92 Å². The van der Waals surface area contributed by atoms with Crippen LogP contribution in [0.25, 0.3) is 0 Å². The minimum Gasteiger partial charge on any atom is -0.349 e. The summed E-state index contributed by atoms with van der Waals surface area (Å²) in [5.74, 6) is 0.529. The number of nitrogens with zero attached hydrogens (tertiary/aromatic N) is 3. The fourth-order valence-electron chi connectivity index (χ4n) is 1.45. The van der Waals surface area contributed by atoms with Crippen molar-refractivity contribution in [2.45, 2.75) is 39.8 Å². The highest BCUT2D eigenvalue weighted by Crippen LogP contribution is 2.04. The number of aromatic nitrogens is 3. The Morgan fingerprint density at radius 1 is 1.59 bits per heavy atom. The van der Waals surface area contributed by atoms with Gasteiger partial charge in [-0.15, -0.1) is 5.10 Å². The van der Waals surface area contributed by atoms with Gasteiger partial charge < -0.3 is 11.1 Å². The van der Waals surface area contributed by atoms with Gasteiger partial charge in [-0.1, -0.05) is 19.1 Å². The molecule has 96 valence electrons. The van der Waals surface area contributed by atoms with E-state index >= 15 is 0 Å². The third kappa shape index (κ3) is 5.44. The maximum atomic E-state index is 10.9. The third-order valence-electron chi connectivity index (χ3n) is 2.41. The monoisotopic (exact) mass is 239 g/mol. The summed E-state index contributed by atoms with van der Waals surface area (Å²) in [5, 5.41) is 10.6. The highest BCUT2D eigenvalue weighted by molar-refractivity contribution is 5.77. The first kappa shape index (κ1) is 13.6. The van der Waals surface area contributed by atoms with Gasteiger partial charge >= 0.3 is 0 Å². The molecule has 0 aliphatic rings. The normalized spacial score (nSPS) is 10.8. The van der Waals surface area contributed by atoms with Crippen LogP contribution in [0.2, 0.25) is 0 Å². The Kier molecular flexibility index (Phi) is 5.62. The van der Waals surface area contributed by atoms with Gasteiger partial charge in [0.15, 0.2) is 0 Å². The summed E-state index contributed by atoms with van der Waals surface area (Å²) in [7, 11) is 0. The van der Waals surface area contributed by atoms with Crippen molar-refractivity contribution in [2.75, 3.05) is 6.54 Å². The first-order valence-corrected chi connectivity index (χ1v) is 5.97. The van der Waals surface area contributed by atoms with E-state index in [2.05, 4.69) is 29.5 Å². The van der Waals surface area contributed by atoms with Crippen LogP contribution < -0.4 is 11.1 Å². The second kappa shape index (κ2) is 7.01. The molecule has 0 unspecified atom stereocenters. The summed E-state index contributed by atoms with van der Waals surface area (Å²) in [5.41, 5.74) is 5.94. The number of nitrogens with two attached hydrogens (primary N) is 1. The molecule has 1 amide bonds. The molecule has 1 aromatic heterocycles. The van der Waals surface area contributed by atoms with Crippen LogP contribution in [0.4, 0.5) is 0 Å². The molecular weight excluding hydrogens is 218 g/mol. The average Bonchev–Trinajstić information content (AvgIpc) is 2.73. The highest BCUT2D eigenvalue weighted by atomic mass is 16.1. The fourth-order valence-corrected chi connectivity index (χ4v) is 1.45. The van der Waals surface area contributed by atoms with Crippen LogP contribution in [-0.4, -0.2) is 27.4 Å². The summed E-state index contributed by atoms with van der Waals surface area (Å²) in [6.45, 7) is 5.67. The van der Waals surface area contributed by atoms with E-state index in [9.17, 15) is 4.79 Å². The lowest BCUT2D eigenvalue weighted by molar-refractivity contribution is -0.119. The van der Waals surface area contributed by atoms with Crippen molar-refractivity contribution < 1.29 is 4.79 Å². The lowest BCUT2D eigenvalue weighted by Crippen LogP contribution is -2.29.